The maximum atomic E-state index is 11.5. The molecule has 3 aliphatic rings. The van der Waals surface area contributed by atoms with Crippen LogP contribution in [0.2, 0.25) is 0 Å². The van der Waals surface area contributed by atoms with E-state index in [1.165, 1.54) is 7.11 Å². The Bertz CT molecular complexity index is 282. The Kier molecular flexibility index (Phi) is 2.04. The molecule has 2 saturated carbocycles. The van der Waals surface area contributed by atoms with Crippen molar-refractivity contribution in [2.75, 3.05) is 20.3 Å². The van der Waals surface area contributed by atoms with E-state index in [0.29, 0.717) is 25.0 Å². The summed E-state index contributed by atoms with van der Waals surface area (Å²) in [7, 11) is 1.46. The number of hydrogen-bond donors (Lipinski definition) is 0. The van der Waals surface area contributed by atoms with E-state index in [-0.39, 0.29) is 17.7 Å². The number of carbonyl (C=O) groups is 1. The summed E-state index contributed by atoms with van der Waals surface area (Å²) in [6.07, 6.45) is 2.80. The Labute approximate surface area is 88.9 Å². The van der Waals surface area contributed by atoms with E-state index in [1.54, 1.807) is 0 Å². The highest BCUT2D eigenvalue weighted by Crippen LogP contribution is 2.57. The highest BCUT2D eigenvalue weighted by Gasteiger charge is 2.60. The van der Waals surface area contributed by atoms with Gasteiger partial charge in [0.15, 0.2) is 5.79 Å². The van der Waals surface area contributed by atoms with Gasteiger partial charge >= 0.3 is 5.97 Å². The van der Waals surface area contributed by atoms with Gasteiger partial charge in [0.1, 0.15) is 0 Å². The summed E-state index contributed by atoms with van der Waals surface area (Å²) >= 11 is 0. The fourth-order valence-corrected chi connectivity index (χ4v) is 3.51. The summed E-state index contributed by atoms with van der Waals surface area (Å²) in [6, 6.07) is 0. The molecule has 15 heavy (non-hydrogen) atoms. The Morgan fingerprint density at radius 2 is 2.07 bits per heavy atom. The Morgan fingerprint density at radius 1 is 1.33 bits per heavy atom. The lowest BCUT2D eigenvalue weighted by molar-refractivity contribution is -0.197. The molecular weight excluding hydrogens is 196 g/mol. The summed E-state index contributed by atoms with van der Waals surface area (Å²) in [5.74, 6) is 0.485. The molecule has 3 atom stereocenters. The SMILES string of the molecule is COC(=O)C1CC2CC1CC21OCCO1. The standard InChI is InChI=1S/C11H16O4/c1-13-10(12)9-5-8-4-7(9)6-11(8)14-2-3-15-11/h7-9H,2-6H2,1H3. The number of methoxy groups -OCH3 is 1. The van der Waals surface area contributed by atoms with Crippen LogP contribution in [0.15, 0.2) is 0 Å². The lowest BCUT2D eigenvalue weighted by atomic mass is 9.85. The first-order valence-electron chi connectivity index (χ1n) is 5.61. The van der Waals surface area contributed by atoms with Crippen LogP contribution in [0.1, 0.15) is 19.3 Å². The third-order valence-corrected chi connectivity index (χ3v) is 4.14. The van der Waals surface area contributed by atoms with Gasteiger partial charge in [0.25, 0.3) is 0 Å². The van der Waals surface area contributed by atoms with E-state index in [0.717, 1.165) is 19.3 Å². The fraction of sp³-hybridized carbons (Fsp3) is 0.909. The minimum atomic E-state index is -0.338. The third kappa shape index (κ3) is 1.24. The van der Waals surface area contributed by atoms with Crippen LogP contribution in [0.5, 0.6) is 0 Å². The zero-order chi connectivity index (χ0) is 10.5. The summed E-state index contributed by atoms with van der Waals surface area (Å²) < 4.78 is 16.3. The Morgan fingerprint density at radius 3 is 2.60 bits per heavy atom. The van der Waals surface area contributed by atoms with Crippen LogP contribution in [0.25, 0.3) is 0 Å². The second-order valence-corrected chi connectivity index (χ2v) is 4.77. The second-order valence-electron chi connectivity index (χ2n) is 4.77. The molecule has 1 aliphatic heterocycles. The lowest BCUT2D eigenvalue weighted by Crippen LogP contribution is -2.40. The van der Waals surface area contributed by atoms with Crippen molar-refractivity contribution in [3.05, 3.63) is 0 Å². The van der Waals surface area contributed by atoms with Crippen LogP contribution < -0.4 is 0 Å². The van der Waals surface area contributed by atoms with Crippen molar-refractivity contribution >= 4 is 5.97 Å². The number of hydrogen-bond acceptors (Lipinski definition) is 4. The smallest absolute Gasteiger partial charge is 0.308 e. The predicted molar refractivity (Wildman–Crippen MR) is 51.0 cm³/mol. The minimum Gasteiger partial charge on any atom is -0.469 e. The molecule has 3 fully saturated rings. The van der Waals surface area contributed by atoms with Gasteiger partial charge in [-0.25, -0.2) is 0 Å². The Hall–Kier alpha value is -0.610. The van der Waals surface area contributed by atoms with Gasteiger partial charge in [-0.05, 0) is 18.8 Å². The minimum absolute atomic E-state index is 0.0599. The normalized spacial score (nSPS) is 41.3. The van der Waals surface area contributed by atoms with Crippen molar-refractivity contribution in [3.63, 3.8) is 0 Å². The van der Waals surface area contributed by atoms with E-state index < -0.39 is 0 Å². The first kappa shape index (κ1) is 9.60. The van der Waals surface area contributed by atoms with Crippen molar-refractivity contribution in [1.82, 2.24) is 0 Å². The van der Waals surface area contributed by atoms with Gasteiger partial charge in [0.2, 0.25) is 0 Å². The van der Waals surface area contributed by atoms with Crippen molar-refractivity contribution in [3.8, 4) is 0 Å². The number of carbonyl (C=O) groups excluding carboxylic acids is 1. The molecule has 0 amide bonds. The zero-order valence-corrected chi connectivity index (χ0v) is 8.90. The second kappa shape index (κ2) is 3.19. The fourth-order valence-electron chi connectivity index (χ4n) is 3.51. The van der Waals surface area contributed by atoms with Crippen LogP contribution >= 0.6 is 0 Å². The number of ether oxygens (including phenoxy) is 3. The van der Waals surface area contributed by atoms with Crippen LogP contribution in [-0.4, -0.2) is 32.1 Å². The topological polar surface area (TPSA) is 44.8 Å². The molecule has 1 heterocycles. The Balaban J connectivity index is 1.74. The highest BCUT2D eigenvalue weighted by atomic mass is 16.7. The molecule has 3 rings (SSSR count). The summed E-state index contributed by atoms with van der Waals surface area (Å²) in [4.78, 5) is 11.5. The molecule has 0 radical (unpaired) electrons. The monoisotopic (exact) mass is 212 g/mol. The molecule has 0 aromatic carbocycles. The van der Waals surface area contributed by atoms with Gasteiger partial charge in [-0.3, -0.25) is 4.79 Å². The van der Waals surface area contributed by atoms with E-state index in [1.807, 2.05) is 0 Å². The predicted octanol–water partition coefficient (Wildman–Crippen LogP) is 0.949. The summed E-state index contributed by atoms with van der Waals surface area (Å²) in [5, 5.41) is 0. The van der Waals surface area contributed by atoms with E-state index in [2.05, 4.69) is 0 Å². The van der Waals surface area contributed by atoms with Crippen molar-refractivity contribution < 1.29 is 19.0 Å². The average molecular weight is 212 g/mol. The van der Waals surface area contributed by atoms with Crippen molar-refractivity contribution in [1.29, 1.82) is 0 Å². The first-order valence-corrected chi connectivity index (χ1v) is 5.61. The molecular formula is C11H16O4. The lowest BCUT2D eigenvalue weighted by Gasteiger charge is -2.34. The number of fused-ring (bicyclic) bond motifs is 3. The molecule has 0 N–H and O–H groups in total. The maximum Gasteiger partial charge on any atom is 0.308 e. The molecule has 84 valence electrons. The van der Waals surface area contributed by atoms with Gasteiger partial charge in [-0.2, -0.15) is 0 Å². The molecule has 3 unspecified atom stereocenters. The van der Waals surface area contributed by atoms with Gasteiger partial charge in [-0.15, -0.1) is 0 Å². The molecule has 4 nitrogen and oxygen atoms in total. The molecule has 0 aromatic heterocycles. The molecule has 0 aromatic rings. The number of esters is 1. The van der Waals surface area contributed by atoms with Gasteiger partial charge in [0, 0.05) is 12.3 Å². The van der Waals surface area contributed by atoms with E-state index in [9.17, 15) is 4.79 Å². The molecule has 1 spiro atoms. The zero-order valence-electron chi connectivity index (χ0n) is 8.90. The molecule has 4 heteroatoms. The molecule has 2 bridgehead atoms. The van der Waals surface area contributed by atoms with E-state index >= 15 is 0 Å². The van der Waals surface area contributed by atoms with Crippen molar-refractivity contribution in [2.24, 2.45) is 17.8 Å². The quantitative estimate of drug-likeness (QED) is 0.607. The largest absolute Gasteiger partial charge is 0.469 e. The van der Waals surface area contributed by atoms with Gasteiger partial charge in [0.05, 0.1) is 26.2 Å². The maximum absolute atomic E-state index is 11.5. The highest BCUT2D eigenvalue weighted by molar-refractivity contribution is 5.73. The summed E-state index contributed by atoms with van der Waals surface area (Å²) in [5.41, 5.74) is 0. The first-order chi connectivity index (χ1) is 7.25. The van der Waals surface area contributed by atoms with Gasteiger partial charge < -0.3 is 14.2 Å². The summed E-state index contributed by atoms with van der Waals surface area (Å²) in [6.45, 7) is 1.40. The van der Waals surface area contributed by atoms with Crippen LogP contribution in [0, 0.1) is 17.8 Å². The number of rotatable bonds is 1. The van der Waals surface area contributed by atoms with E-state index in [4.69, 9.17) is 14.2 Å². The van der Waals surface area contributed by atoms with Crippen LogP contribution in [0.3, 0.4) is 0 Å². The van der Waals surface area contributed by atoms with Gasteiger partial charge in [-0.1, -0.05) is 0 Å². The molecule has 1 saturated heterocycles. The third-order valence-electron chi connectivity index (χ3n) is 4.14. The average Bonchev–Trinajstić information content (AvgIpc) is 2.92. The van der Waals surface area contributed by atoms with Crippen LogP contribution in [-0.2, 0) is 19.0 Å². The molecule has 2 aliphatic carbocycles. The van der Waals surface area contributed by atoms with Crippen molar-refractivity contribution in [2.45, 2.75) is 25.0 Å². The van der Waals surface area contributed by atoms with Crippen LogP contribution in [0.4, 0.5) is 0 Å².